The second-order valence-corrected chi connectivity index (χ2v) is 6.80. The fourth-order valence-corrected chi connectivity index (χ4v) is 3.74. The molecule has 4 heteroatoms. The first-order valence-electron chi connectivity index (χ1n) is 8.89. The second kappa shape index (κ2) is 9.29. The predicted molar refractivity (Wildman–Crippen MR) is 97.0 cm³/mol. The van der Waals surface area contributed by atoms with Crippen LogP contribution < -0.4 is 5.32 Å². The van der Waals surface area contributed by atoms with E-state index < -0.39 is 0 Å². The van der Waals surface area contributed by atoms with Crippen molar-refractivity contribution in [2.45, 2.75) is 51.0 Å². The molecule has 2 aliphatic rings. The number of aryl methyl sites for hydroxylation is 1. The van der Waals surface area contributed by atoms with Crippen LogP contribution in [0.3, 0.4) is 0 Å². The molecular weight excluding hydrogens is 308 g/mol. The molecule has 128 valence electrons. The van der Waals surface area contributed by atoms with Crippen LogP contribution in [0.1, 0.15) is 44.1 Å². The highest BCUT2D eigenvalue weighted by Gasteiger charge is 2.28. The van der Waals surface area contributed by atoms with Crippen molar-refractivity contribution in [3.05, 3.63) is 35.9 Å². The molecule has 2 heterocycles. The van der Waals surface area contributed by atoms with E-state index in [0.717, 1.165) is 32.0 Å². The van der Waals surface area contributed by atoms with Crippen molar-refractivity contribution in [1.29, 1.82) is 0 Å². The highest BCUT2D eigenvalue weighted by molar-refractivity contribution is 5.85. The van der Waals surface area contributed by atoms with E-state index in [2.05, 4.69) is 40.5 Å². The molecule has 1 unspecified atom stereocenters. The van der Waals surface area contributed by atoms with Gasteiger partial charge in [0.25, 0.3) is 0 Å². The summed E-state index contributed by atoms with van der Waals surface area (Å²) in [5.41, 5.74) is 1.44. The maximum Gasteiger partial charge on any atom is 0.239 e. The molecule has 0 aromatic heterocycles. The molecular formula is C19H29ClN2O. The minimum atomic E-state index is 0. The van der Waals surface area contributed by atoms with Gasteiger partial charge in [0.2, 0.25) is 5.91 Å². The Morgan fingerprint density at radius 1 is 1.09 bits per heavy atom. The van der Waals surface area contributed by atoms with Crippen molar-refractivity contribution >= 4 is 18.3 Å². The number of carbonyl (C=O) groups is 1. The van der Waals surface area contributed by atoms with Gasteiger partial charge in [-0.15, -0.1) is 12.4 Å². The number of benzene rings is 1. The van der Waals surface area contributed by atoms with Gasteiger partial charge in [0, 0.05) is 13.1 Å². The molecule has 2 aliphatic heterocycles. The Morgan fingerprint density at radius 2 is 1.83 bits per heavy atom. The molecule has 1 amide bonds. The zero-order chi connectivity index (χ0) is 15.2. The highest BCUT2D eigenvalue weighted by atomic mass is 35.5. The summed E-state index contributed by atoms with van der Waals surface area (Å²) >= 11 is 0. The molecule has 1 aromatic rings. The lowest BCUT2D eigenvalue weighted by atomic mass is 9.90. The van der Waals surface area contributed by atoms with Gasteiger partial charge >= 0.3 is 0 Å². The first kappa shape index (κ1) is 18.3. The largest absolute Gasteiger partial charge is 0.341 e. The Morgan fingerprint density at radius 3 is 2.48 bits per heavy atom. The van der Waals surface area contributed by atoms with E-state index >= 15 is 0 Å². The van der Waals surface area contributed by atoms with Gasteiger partial charge in [-0.2, -0.15) is 0 Å². The summed E-state index contributed by atoms with van der Waals surface area (Å²) in [5, 5.41) is 3.38. The van der Waals surface area contributed by atoms with Crippen LogP contribution >= 0.6 is 12.4 Å². The van der Waals surface area contributed by atoms with Gasteiger partial charge in [-0.25, -0.2) is 0 Å². The smallest absolute Gasteiger partial charge is 0.239 e. The number of carbonyl (C=O) groups excluding carboxylic acids is 1. The van der Waals surface area contributed by atoms with E-state index in [0.29, 0.717) is 5.91 Å². The van der Waals surface area contributed by atoms with Crippen molar-refractivity contribution < 1.29 is 4.79 Å². The average molecular weight is 337 g/mol. The fourth-order valence-electron chi connectivity index (χ4n) is 3.74. The molecule has 0 aliphatic carbocycles. The average Bonchev–Trinajstić information content (AvgIpc) is 2.61. The number of piperidine rings is 2. The number of amides is 1. The summed E-state index contributed by atoms with van der Waals surface area (Å²) in [6, 6.07) is 10.8. The monoisotopic (exact) mass is 336 g/mol. The van der Waals surface area contributed by atoms with Gasteiger partial charge in [-0.3, -0.25) is 4.79 Å². The lowest BCUT2D eigenvalue weighted by Crippen LogP contribution is -2.50. The minimum absolute atomic E-state index is 0. The minimum Gasteiger partial charge on any atom is -0.341 e. The third-order valence-corrected chi connectivity index (χ3v) is 5.22. The van der Waals surface area contributed by atoms with Crippen LogP contribution in [0.4, 0.5) is 0 Å². The van der Waals surface area contributed by atoms with Gasteiger partial charge in [0.05, 0.1) is 6.04 Å². The van der Waals surface area contributed by atoms with Crippen LogP contribution in [-0.4, -0.2) is 36.5 Å². The Kier molecular flexibility index (Phi) is 7.38. The van der Waals surface area contributed by atoms with Crippen LogP contribution in [0.2, 0.25) is 0 Å². The van der Waals surface area contributed by atoms with E-state index in [1.165, 1.54) is 44.1 Å². The molecule has 1 N–H and O–H groups in total. The highest BCUT2D eigenvalue weighted by Crippen LogP contribution is 2.23. The third kappa shape index (κ3) is 5.22. The van der Waals surface area contributed by atoms with Gasteiger partial charge in [-0.1, -0.05) is 36.8 Å². The first-order chi connectivity index (χ1) is 10.8. The van der Waals surface area contributed by atoms with E-state index in [1.807, 2.05) is 0 Å². The third-order valence-electron chi connectivity index (χ3n) is 5.22. The zero-order valence-electron chi connectivity index (χ0n) is 13.9. The van der Waals surface area contributed by atoms with Crippen LogP contribution in [0.15, 0.2) is 30.3 Å². The number of likely N-dealkylation sites (tertiary alicyclic amines) is 1. The predicted octanol–water partition coefficient (Wildman–Crippen LogP) is 3.42. The van der Waals surface area contributed by atoms with E-state index in [1.54, 1.807) is 0 Å². The molecule has 0 bridgehead atoms. The number of halogens is 1. The second-order valence-electron chi connectivity index (χ2n) is 6.80. The topological polar surface area (TPSA) is 32.3 Å². The molecule has 1 atom stereocenters. The molecule has 3 rings (SSSR count). The Bertz CT molecular complexity index is 466. The van der Waals surface area contributed by atoms with Gasteiger partial charge in [0.15, 0.2) is 0 Å². The molecule has 1 aromatic carbocycles. The molecule has 23 heavy (non-hydrogen) atoms. The zero-order valence-corrected chi connectivity index (χ0v) is 14.7. The van der Waals surface area contributed by atoms with Crippen LogP contribution in [0.5, 0.6) is 0 Å². The normalized spacial score (nSPS) is 22.4. The van der Waals surface area contributed by atoms with Gasteiger partial charge < -0.3 is 10.2 Å². The van der Waals surface area contributed by atoms with E-state index in [-0.39, 0.29) is 18.4 Å². The molecule has 0 saturated carbocycles. The molecule has 3 nitrogen and oxygen atoms in total. The van der Waals surface area contributed by atoms with Crippen LogP contribution in [0, 0.1) is 5.92 Å². The van der Waals surface area contributed by atoms with Crippen LogP contribution in [0.25, 0.3) is 0 Å². The number of nitrogens with zero attached hydrogens (tertiary/aromatic N) is 1. The summed E-state index contributed by atoms with van der Waals surface area (Å²) in [6.45, 7) is 2.91. The number of nitrogens with one attached hydrogen (secondary N) is 1. The number of hydrogen-bond donors (Lipinski definition) is 1. The van der Waals surface area contributed by atoms with E-state index in [9.17, 15) is 4.79 Å². The summed E-state index contributed by atoms with van der Waals surface area (Å²) in [5.74, 6) is 1.13. The van der Waals surface area contributed by atoms with Crippen molar-refractivity contribution in [3.63, 3.8) is 0 Å². The quantitative estimate of drug-likeness (QED) is 0.913. The molecule has 2 fully saturated rings. The SMILES string of the molecule is Cl.O=C(C1CCCCN1)N1CCC(CCc2ccccc2)CC1. The maximum absolute atomic E-state index is 12.5. The van der Waals surface area contributed by atoms with Gasteiger partial charge in [0.1, 0.15) is 0 Å². The summed E-state index contributed by atoms with van der Waals surface area (Å²) < 4.78 is 0. The summed E-state index contributed by atoms with van der Waals surface area (Å²) in [7, 11) is 0. The van der Waals surface area contributed by atoms with Crippen molar-refractivity contribution in [3.8, 4) is 0 Å². The summed E-state index contributed by atoms with van der Waals surface area (Å²) in [6.07, 6.45) is 8.20. The summed E-state index contributed by atoms with van der Waals surface area (Å²) in [4.78, 5) is 14.6. The lowest BCUT2D eigenvalue weighted by molar-refractivity contribution is -0.135. The lowest BCUT2D eigenvalue weighted by Gasteiger charge is -2.35. The van der Waals surface area contributed by atoms with Crippen molar-refractivity contribution in [2.75, 3.05) is 19.6 Å². The first-order valence-corrected chi connectivity index (χ1v) is 8.89. The molecule has 0 spiro atoms. The number of hydrogen-bond acceptors (Lipinski definition) is 2. The standard InChI is InChI=1S/C19H28N2O.ClH/c22-19(18-8-4-5-13-20-18)21-14-11-17(12-15-21)10-9-16-6-2-1-3-7-16;/h1-3,6-7,17-18,20H,4-5,8-15H2;1H. The Hall–Kier alpha value is -1.06. The Labute approximate surface area is 146 Å². The molecule has 2 saturated heterocycles. The van der Waals surface area contributed by atoms with Crippen LogP contribution in [-0.2, 0) is 11.2 Å². The maximum atomic E-state index is 12.5. The van der Waals surface area contributed by atoms with Gasteiger partial charge in [-0.05, 0) is 56.6 Å². The van der Waals surface area contributed by atoms with Crippen molar-refractivity contribution in [2.24, 2.45) is 5.92 Å². The van der Waals surface area contributed by atoms with Crippen molar-refractivity contribution in [1.82, 2.24) is 10.2 Å². The van der Waals surface area contributed by atoms with E-state index in [4.69, 9.17) is 0 Å². The molecule has 0 radical (unpaired) electrons. The number of rotatable bonds is 4. The fraction of sp³-hybridized carbons (Fsp3) is 0.632. The Balaban J connectivity index is 0.00000192.